The van der Waals surface area contributed by atoms with Crippen molar-refractivity contribution in [2.45, 2.75) is 20.3 Å². The van der Waals surface area contributed by atoms with Gasteiger partial charge in [-0.2, -0.15) is 0 Å². The summed E-state index contributed by atoms with van der Waals surface area (Å²) in [4.78, 5) is 0. The number of hydrogen-bond acceptors (Lipinski definition) is 0. The van der Waals surface area contributed by atoms with E-state index in [1.807, 2.05) is 0 Å². The summed E-state index contributed by atoms with van der Waals surface area (Å²) >= 11 is 2.38. The maximum Gasteiger partial charge on any atom is 0.00325 e. The smallest absolute Gasteiger partial charge is 0.00325 e. The third-order valence-corrected chi connectivity index (χ3v) is 1.77. The number of halogens is 1. The van der Waals surface area contributed by atoms with Crippen LogP contribution in [-0.4, -0.2) is 4.43 Å². The Morgan fingerprint density at radius 1 is 1.62 bits per heavy atom. The van der Waals surface area contributed by atoms with E-state index in [1.165, 1.54) is 16.4 Å². The molecule has 0 N–H and O–H groups in total. The summed E-state index contributed by atoms with van der Waals surface area (Å²) in [7, 11) is 0. The van der Waals surface area contributed by atoms with Crippen LogP contribution < -0.4 is 0 Å². The van der Waals surface area contributed by atoms with Crippen LogP contribution in [-0.2, 0) is 0 Å². The highest BCUT2D eigenvalue weighted by Gasteiger charge is 1.96. The van der Waals surface area contributed by atoms with Gasteiger partial charge in [0.15, 0.2) is 0 Å². The van der Waals surface area contributed by atoms with E-state index < -0.39 is 0 Å². The van der Waals surface area contributed by atoms with Gasteiger partial charge < -0.3 is 0 Å². The summed E-state index contributed by atoms with van der Waals surface area (Å²) in [5.74, 6) is 0.671. The van der Waals surface area contributed by atoms with E-state index in [-0.39, 0.29) is 0 Å². The van der Waals surface area contributed by atoms with Crippen molar-refractivity contribution in [1.82, 2.24) is 0 Å². The molecule has 0 aromatic rings. The topological polar surface area (TPSA) is 0 Å². The van der Waals surface area contributed by atoms with Crippen LogP contribution in [0.2, 0.25) is 0 Å². The number of allylic oxidation sites excluding steroid dienone is 1. The molecular weight excluding hydrogens is 211 g/mol. The second kappa shape index (κ2) is 4.36. The van der Waals surface area contributed by atoms with E-state index in [0.717, 1.165) is 0 Å². The molecule has 0 saturated heterocycles. The molecule has 0 aliphatic carbocycles. The number of hydrogen-bond donors (Lipinski definition) is 0. The predicted octanol–water partition coefficient (Wildman–Crippen LogP) is 3.02. The molecule has 0 unspecified atom stereocenters. The van der Waals surface area contributed by atoms with Gasteiger partial charge in [-0.1, -0.05) is 48.6 Å². The first-order chi connectivity index (χ1) is 3.68. The van der Waals surface area contributed by atoms with Crippen LogP contribution in [0, 0.1) is 5.92 Å². The van der Waals surface area contributed by atoms with E-state index in [2.05, 4.69) is 43.0 Å². The summed E-state index contributed by atoms with van der Waals surface area (Å²) in [6, 6.07) is 0. The molecular formula is C7H13I. The molecule has 0 atom stereocenters. The Balaban J connectivity index is 3.33. The summed E-state index contributed by atoms with van der Waals surface area (Å²) in [5, 5.41) is 0. The zero-order valence-corrected chi connectivity index (χ0v) is 7.73. The quantitative estimate of drug-likeness (QED) is 0.392. The SMILES string of the molecule is C=C(CCI)C(C)C. The second-order valence-corrected chi connectivity index (χ2v) is 3.33. The lowest BCUT2D eigenvalue weighted by Crippen LogP contribution is -1.91. The average molecular weight is 224 g/mol. The molecule has 0 saturated carbocycles. The van der Waals surface area contributed by atoms with Crippen molar-refractivity contribution in [3.8, 4) is 0 Å². The fourth-order valence-corrected chi connectivity index (χ4v) is 1.10. The van der Waals surface area contributed by atoms with Crippen molar-refractivity contribution in [1.29, 1.82) is 0 Å². The van der Waals surface area contributed by atoms with Crippen LogP contribution in [0.25, 0.3) is 0 Å². The Morgan fingerprint density at radius 3 is 2.25 bits per heavy atom. The fourth-order valence-electron chi connectivity index (χ4n) is 0.410. The highest BCUT2D eigenvalue weighted by molar-refractivity contribution is 14.1. The van der Waals surface area contributed by atoms with Crippen LogP contribution in [0.1, 0.15) is 20.3 Å². The largest absolute Gasteiger partial charge is 0.0996 e. The number of alkyl halides is 1. The molecule has 1 heteroatoms. The lowest BCUT2D eigenvalue weighted by Gasteiger charge is -2.04. The molecule has 0 rings (SSSR count). The molecule has 0 radical (unpaired) electrons. The molecule has 0 spiro atoms. The van der Waals surface area contributed by atoms with Gasteiger partial charge in [0.25, 0.3) is 0 Å². The van der Waals surface area contributed by atoms with Crippen molar-refractivity contribution >= 4 is 22.6 Å². The summed E-state index contributed by atoms with van der Waals surface area (Å²) in [5.41, 5.74) is 1.37. The van der Waals surface area contributed by atoms with E-state index in [9.17, 15) is 0 Å². The van der Waals surface area contributed by atoms with Crippen molar-refractivity contribution in [2.24, 2.45) is 5.92 Å². The first-order valence-corrected chi connectivity index (χ1v) is 4.44. The molecule has 0 fully saturated rings. The van der Waals surface area contributed by atoms with E-state index in [4.69, 9.17) is 0 Å². The van der Waals surface area contributed by atoms with Gasteiger partial charge in [-0.25, -0.2) is 0 Å². The van der Waals surface area contributed by atoms with Crippen LogP contribution >= 0.6 is 22.6 Å². The molecule has 0 nitrogen and oxygen atoms in total. The molecule has 0 heterocycles. The van der Waals surface area contributed by atoms with Crippen LogP contribution in [0.15, 0.2) is 12.2 Å². The first-order valence-electron chi connectivity index (χ1n) is 2.92. The number of rotatable bonds is 3. The third-order valence-electron chi connectivity index (χ3n) is 1.23. The zero-order valence-electron chi connectivity index (χ0n) is 5.58. The standard InChI is InChI=1S/C7H13I/c1-6(2)7(3)4-5-8/h6H,3-5H2,1-2H3. The Hall–Kier alpha value is 0.470. The average Bonchev–Trinajstić information content (AvgIpc) is 1.67. The van der Waals surface area contributed by atoms with Gasteiger partial charge in [0.05, 0.1) is 0 Å². The van der Waals surface area contributed by atoms with Gasteiger partial charge in [-0.05, 0) is 12.3 Å². The fraction of sp³-hybridized carbons (Fsp3) is 0.714. The minimum atomic E-state index is 0.671. The summed E-state index contributed by atoms with van der Waals surface area (Å²) in [6.07, 6.45) is 1.18. The lowest BCUT2D eigenvalue weighted by molar-refractivity contribution is 0.741. The molecule has 0 amide bonds. The summed E-state index contributed by atoms with van der Waals surface area (Å²) in [6.45, 7) is 8.32. The van der Waals surface area contributed by atoms with E-state index in [1.54, 1.807) is 0 Å². The van der Waals surface area contributed by atoms with Gasteiger partial charge in [0, 0.05) is 4.43 Å². The Bertz CT molecular complexity index is 74.5. The molecule has 48 valence electrons. The van der Waals surface area contributed by atoms with Crippen LogP contribution in [0.3, 0.4) is 0 Å². The lowest BCUT2D eigenvalue weighted by atomic mass is 10.0. The monoisotopic (exact) mass is 224 g/mol. The Labute approximate surface area is 65.5 Å². The third kappa shape index (κ3) is 3.47. The van der Waals surface area contributed by atoms with Gasteiger partial charge in [-0.15, -0.1) is 0 Å². The first kappa shape index (κ1) is 8.47. The normalized spacial score (nSPS) is 10.0. The molecule has 0 aliphatic rings. The minimum absolute atomic E-state index is 0.671. The van der Waals surface area contributed by atoms with E-state index in [0.29, 0.717) is 5.92 Å². The summed E-state index contributed by atoms with van der Waals surface area (Å²) < 4.78 is 1.20. The van der Waals surface area contributed by atoms with Crippen molar-refractivity contribution in [3.05, 3.63) is 12.2 Å². The molecule has 0 aromatic carbocycles. The van der Waals surface area contributed by atoms with Crippen molar-refractivity contribution in [2.75, 3.05) is 4.43 Å². The van der Waals surface area contributed by atoms with Crippen molar-refractivity contribution < 1.29 is 0 Å². The van der Waals surface area contributed by atoms with Gasteiger partial charge in [0.2, 0.25) is 0 Å². The van der Waals surface area contributed by atoms with Gasteiger partial charge >= 0.3 is 0 Å². The molecule has 8 heavy (non-hydrogen) atoms. The predicted molar refractivity (Wildman–Crippen MR) is 47.5 cm³/mol. The van der Waals surface area contributed by atoms with Gasteiger partial charge in [0.1, 0.15) is 0 Å². The van der Waals surface area contributed by atoms with Crippen LogP contribution in [0.4, 0.5) is 0 Å². The molecule has 0 bridgehead atoms. The zero-order chi connectivity index (χ0) is 6.57. The van der Waals surface area contributed by atoms with E-state index >= 15 is 0 Å². The molecule has 0 aromatic heterocycles. The van der Waals surface area contributed by atoms with Crippen LogP contribution in [0.5, 0.6) is 0 Å². The highest BCUT2D eigenvalue weighted by Crippen LogP contribution is 2.11. The minimum Gasteiger partial charge on any atom is -0.0996 e. The van der Waals surface area contributed by atoms with Gasteiger partial charge in [-0.3, -0.25) is 0 Å². The molecule has 0 aliphatic heterocycles. The Morgan fingerprint density at radius 2 is 2.12 bits per heavy atom. The second-order valence-electron chi connectivity index (χ2n) is 2.25. The maximum absolute atomic E-state index is 3.94. The maximum atomic E-state index is 3.94. The van der Waals surface area contributed by atoms with Crippen molar-refractivity contribution in [3.63, 3.8) is 0 Å². The highest BCUT2D eigenvalue weighted by atomic mass is 127. The Kier molecular flexibility index (Phi) is 4.61.